The van der Waals surface area contributed by atoms with Crippen molar-refractivity contribution >= 4 is 0 Å². The third kappa shape index (κ3) is 4.82. The molecule has 4 atom stereocenters. The van der Waals surface area contributed by atoms with Gasteiger partial charge >= 0.3 is 0 Å². The summed E-state index contributed by atoms with van der Waals surface area (Å²) >= 11 is 0. The highest BCUT2D eigenvalue weighted by Gasteiger charge is 2.55. The normalized spacial score (nSPS) is 29.3. The molecule has 1 aromatic carbocycles. The van der Waals surface area contributed by atoms with Crippen molar-refractivity contribution in [2.75, 3.05) is 13.2 Å². The Kier molecular flexibility index (Phi) is 6.29. The maximum absolute atomic E-state index is 11.8. The zero-order valence-corrected chi connectivity index (χ0v) is 17.2. The summed E-state index contributed by atoms with van der Waals surface area (Å²) in [5.41, 5.74) is -0.366. The maximum Gasteiger partial charge on any atom is 0.163 e. The Balaban J connectivity index is 1.86. The average Bonchev–Trinajstić information content (AvgIpc) is 3.18. The van der Waals surface area contributed by atoms with Crippen LogP contribution in [0.15, 0.2) is 43.0 Å². The summed E-state index contributed by atoms with van der Waals surface area (Å²) in [4.78, 5) is 0. The van der Waals surface area contributed by atoms with E-state index in [-0.39, 0.29) is 13.0 Å². The fourth-order valence-electron chi connectivity index (χ4n) is 3.79. The molecule has 2 aliphatic rings. The molecule has 6 heteroatoms. The van der Waals surface area contributed by atoms with Gasteiger partial charge in [0.25, 0.3) is 0 Å². The molecule has 0 aromatic heterocycles. The van der Waals surface area contributed by atoms with E-state index in [0.717, 1.165) is 5.56 Å². The van der Waals surface area contributed by atoms with Crippen LogP contribution in [0.5, 0.6) is 0 Å². The minimum absolute atomic E-state index is 0.263. The van der Waals surface area contributed by atoms with Crippen molar-refractivity contribution in [3.8, 4) is 0 Å². The second-order valence-electron chi connectivity index (χ2n) is 8.39. The van der Waals surface area contributed by atoms with Gasteiger partial charge in [-0.1, -0.05) is 36.4 Å². The number of aliphatic hydroxyl groups is 1. The quantitative estimate of drug-likeness (QED) is 0.686. The highest BCUT2D eigenvalue weighted by Crippen LogP contribution is 2.39. The number of benzene rings is 1. The largest absolute Gasteiger partial charge is 0.384 e. The van der Waals surface area contributed by atoms with Crippen LogP contribution in [0.2, 0.25) is 0 Å². The lowest BCUT2D eigenvalue weighted by Crippen LogP contribution is -2.59. The molecule has 1 N–H and O–H groups in total. The van der Waals surface area contributed by atoms with Crippen LogP contribution in [-0.2, 0) is 30.3 Å². The topological polar surface area (TPSA) is 66.4 Å². The summed E-state index contributed by atoms with van der Waals surface area (Å²) in [5, 5.41) is 11.8. The molecule has 2 heterocycles. The molecule has 2 aliphatic heterocycles. The van der Waals surface area contributed by atoms with Gasteiger partial charge in [0.05, 0.1) is 19.8 Å². The zero-order valence-electron chi connectivity index (χ0n) is 17.2. The van der Waals surface area contributed by atoms with E-state index in [1.807, 2.05) is 58.0 Å². The molecule has 0 aliphatic carbocycles. The van der Waals surface area contributed by atoms with Crippen LogP contribution in [0.4, 0.5) is 0 Å². The monoisotopic (exact) mass is 392 g/mol. The Bertz CT molecular complexity index is 658. The molecule has 6 nitrogen and oxygen atoms in total. The molecule has 28 heavy (non-hydrogen) atoms. The number of hydrogen-bond acceptors (Lipinski definition) is 6. The van der Waals surface area contributed by atoms with Crippen molar-refractivity contribution < 1.29 is 28.8 Å². The van der Waals surface area contributed by atoms with Gasteiger partial charge in [-0.05, 0) is 39.7 Å². The first-order chi connectivity index (χ1) is 13.2. The minimum atomic E-state index is -1.38. The Labute approximate surface area is 167 Å². The summed E-state index contributed by atoms with van der Waals surface area (Å²) in [6.07, 6.45) is 0.241. The SMILES string of the molecule is C=CC[C@](O)([C@H](OCc1ccccc1)[C@H]1COC(C)(C)O1)[C@H]1COC(C)(C)O1. The summed E-state index contributed by atoms with van der Waals surface area (Å²) in [6, 6.07) is 9.84. The zero-order chi connectivity index (χ0) is 20.4. The van der Waals surface area contributed by atoms with E-state index >= 15 is 0 Å². The van der Waals surface area contributed by atoms with Gasteiger partial charge in [0.2, 0.25) is 0 Å². The fourth-order valence-corrected chi connectivity index (χ4v) is 3.79. The van der Waals surface area contributed by atoms with E-state index in [0.29, 0.717) is 13.2 Å². The van der Waals surface area contributed by atoms with Crippen LogP contribution in [0, 0.1) is 0 Å². The van der Waals surface area contributed by atoms with Crippen molar-refractivity contribution in [3.63, 3.8) is 0 Å². The maximum atomic E-state index is 11.8. The van der Waals surface area contributed by atoms with Crippen molar-refractivity contribution in [3.05, 3.63) is 48.6 Å². The molecular formula is C22H32O6. The van der Waals surface area contributed by atoms with E-state index < -0.39 is 35.5 Å². The minimum Gasteiger partial charge on any atom is -0.384 e. The van der Waals surface area contributed by atoms with E-state index in [9.17, 15) is 5.11 Å². The number of hydrogen-bond donors (Lipinski definition) is 1. The predicted molar refractivity (Wildman–Crippen MR) is 105 cm³/mol. The van der Waals surface area contributed by atoms with Crippen LogP contribution >= 0.6 is 0 Å². The van der Waals surface area contributed by atoms with Gasteiger partial charge in [-0.2, -0.15) is 0 Å². The highest BCUT2D eigenvalue weighted by atomic mass is 16.8. The number of ether oxygens (including phenoxy) is 5. The second kappa shape index (κ2) is 8.22. The smallest absolute Gasteiger partial charge is 0.163 e. The van der Waals surface area contributed by atoms with Gasteiger partial charge in [-0.3, -0.25) is 0 Å². The third-order valence-electron chi connectivity index (χ3n) is 5.17. The van der Waals surface area contributed by atoms with Gasteiger partial charge in [-0.15, -0.1) is 6.58 Å². The van der Waals surface area contributed by atoms with E-state index in [4.69, 9.17) is 23.7 Å². The Morgan fingerprint density at radius 1 is 1.14 bits per heavy atom. The third-order valence-corrected chi connectivity index (χ3v) is 5.17. The molecule has 0 radical (unpaired) electrons. The predicted octanol–water partition coefficient (Wildman–Crippen LogP) is 3.18. The van der Waals surface area contributed by atoms with E-state index in [1.165, 1.54) is 0 Å². The molecule has 0 amide bonds. The molecule has 0 bridgehead atoms. The second-order valence-corrected chi connectivity index (χ2v) is 8.39. The van der Waals surface area contributed by atoms with Crippen LogP contribution in [0.25, 0.3) is 0 Å². The van der Waals surface area contributed by atoms with Crippen molar-refractivity contribution in [2.45, 2.75) is 76.2 Å². The fraction of sp³-hybridized carbons (Fsp3) is 0.636. The first-order valence-electron chi connectivity index (χ1n) is 9.77. The van der Waals surface area contributed by atoms with E-state index in [1.54, 1.807) is 6.08 Å². The summed E-state index contributed by atoms with van der Waals surface area (Å²) in [7, 11) is 0. The van der Waals surface area contributed by atoms with Gasteiger partial charge in [0.15, 0.2) is 11.6 Å². The summed E-state index contributed by atoms with van der Waals surface area (Å²) in [5.74, 6) is -1.50. The molecule has 1 aromatic rings. The molecule has 0 saturated carbocycles. The summed E-state index contributed by atoms with van der Waals surface area (Å²) < 4.78 is 29.8. The molecule has 156 valence electrons. The molecule has 3 rings (SSSR count). The van der Waals surface area contributed by atoms with Gasteiger partial charge in [-0.25, -0.2) is 0 Å². The Morgan fingerprint density at radius 3 is 2.32 bits per heavy atom. The van der Waals surface area contributed by atoms with Gasteiger partial charge in [0.1, 0.15) is 23.9 Å². The molecular weight excluding hydrogens is 360 g/mol. The van der Waals surface area contributed by atoms with Gasteiger partial charge < -0.3 is 28.8 Å². The van der Waals surface area contributed by atoms with Crippen molar-refractivity contribution in [2.24, 2.45) is 0 Å². The molecule has 2 saturated heterocycles. The first-order valence-corrected chi connectivity index (χ1v) is 9.77. The number of rotatable bonds is 8. The van der Waals surface area contributed by atoms with Crippen LogP contribution < -0.4 is 0 Å². The van der Waals surface area contributed by atoms with Crippen molar-refractivity contribution in [1.29, 1.82) is 0 Å². The lowest BCUT2D eigenvalue weighted by molar-refractivity contribution is -0.232. The van der Waals surface area contributed by atoms with Crippen LogP contribution in [0.1, 0.15) is 39.7 Å². The lowest BCUT2D eigenvalue weighted by Gasteiger charge is -2.41. The standard InChI is InChI=1S/C22H32O6/c1-6-12-22(23,18-15-26-21(4,5)28-18)19(17-14-25-20(2,3)27-17)24-13-16-10-8-7-9-11-16/h6-11,17-19,23H,1,12-15H2,2-5H3/t17-,18-,19-,22-/m1/s1. The molecule has 2 fully saturated rings. The molecule has 0 spiro atoms. The Hall–Kier alpha value is -1.28. The molecule has 0 unspecified atom stereocenters. The average molecular weight is 392 g/mol. The van der Waals surface area contributed by atoms with Gasteiger partial charge in [0, 0.05) is 0 Å². The first kappa shape index (κ1) is 21.4. The van der Waals surface area contributed by atoms with Crippen LogP contribution in [0.3, 0.4) is 0 Å². The highest BCUT2D eigenvalue weighted by molar-refractivity contribution is 5.14. The van der Waals surface area contributed by atoms with E-state index in [2.05, 4.69) is 6.58 Å². The Morgan fingerprint density at radius 2 is 1.79 bits per heavy atom. The lowest BCUT2D eigenvalue weighted by atomic mass is 9.84. The summed E-state index contributed by atoms with van der Waals surface area (Å²) in [6.45, 7) is 12.1. The van der Waals surface area contributed by atoms with Crippen molar-refractivity contribution in [1.82, 2.24) is 0 Å². The van der Waals surface area contributed by atoms with Crippen LogP contribution in [-0.4, -0.2) is 53.8 Å².